The summed E-state index contributed by atoms with van der Waals surface area (Å²) in [5.74, 6) is 0. The van der Waals surface area contributed by atoms with Gasteiger partial charge in [0.2, 0.25) is 0 Å². The SMILES string of the molecule is CCN[C@H]1C[C@H](C)S(=O)(=O)c2sc(S(=O)(=O)Cl)cc21. The van der Waals surface area contributed by atoms with Gasteiger partial charge in [0.25, 0.3) is 9.05 Å². The van der Waals surface area contributed by atoms with Crippen molar-refractivity contribution in [1.29, 1.82) is 0 Å². The standard InChI is InChI=1S/C10H14ClNO4S3/c1-3-12-8-4-6(2)18(13,14)10-7(8)5-9(17-10)19(11,15)16/h5-6,8,12H,3-4H2,1-2H3/t6-,8-/m0/s1. The molecule has 9 heteroatoms. The highest BCUT2D eigenvalue weighted by Gasteiger charge is 2.39. The van der Waals surface area contributed by atoms with Crippen LogP contribution in [0.2, 0.25) is 0 Å². The first-order chi connectivity index (χ1) is 8.67. The van der Waals surface area contributed by atoms with Crippen LogP contribution < -0.4 is 5.32 Å². The molecule has 0 bridgehead atoms. The molecule has 1 N–H and O–H groups in total. The van der Waals surface area contributed by atoms with Gasteiger partial charge in [-0.25, -0.2) is 16.8 Å². The molecule has 0 fully saturated rings. The van der Waals surface area contributed by atoms with E-state index in [1.165, 1.54) is 6.07 Å². The second kappa shape index (κ2) is 5.00. The maximum atomic E-state index is 12.2. The molecule has 1 aliphatic heterocycles. The fourth-order valence-electron chi connectivity index (χ4n) is 2.16. The summed E-state index contributed by atoms with van der Waals surface area (Å²) in [6, 6.07) is 1.22. The van der Waals surface area contributed by atoms with Crippen LogP contribution in [0, 0.1) is 0 Å². The second-order valence-electron chi connectivity index (χ2n) is 4.45. The lowest BCUT2D eigenvalue weighted by Crippen LogP contribution is -2.33. The maximum absolute atomic E-state index is 12.2. The molecule has 0 unspecified atom stereocenters. The highest BCUT2D eigenvalue weighted by molar-refractivity contribution is 8.15. The van der Waals surface area contributed by atoms with Crippen LogP contribution in [0.1, 0.15) is 31.9 Å². The summed E-state index contributed by atoms with van der Waals surface area (Å²) >= 11 is 0.735. The van der Waals surface area contributed by atoms with Gasteiger partial charge in [-0.3, -0.25) is 0 Å². The van der Waals surface area contributed by atoms with Crippen molar-refractivity contribution in [2.75, 3.05) is 6.54 Å². The zero-order chi connectivity index (χ0) is 14.4. The van der Waals surface area contributed by atoms with Gasteiger partial charge in [0.15, 0.2) is 9.84 Å². The van der Waals surface area contributed by atoms with E-state index >= 15 is 0 Å². The Hall–Kier alpha value is -0.150. The Morgan fingerprint density at radius 3 is 2.68 bits per heavy atom. The summed E-state index contributed by atoms with van der Waals surface area (Å²) in [5.41, 5.74) is 0.518. The number of halogens is 1. The van der Waals surface area contributed by atoms with Crippen molar-refractivity contribution in [3.8, 4) is 0 Å². The van der Waals surface area contributed by atoms with Crippen LogP contribution in [-0.2, 0) is 18.9 Å². The van der Waals surface area contributed by atoms with Gasteiger partial charge >= 0.3 is 0 Å². The highest BCUT2D eigenvalue weighted by atomic mass is 35.7. The summed E-state index contributed by atoms with van der Waals surface area (Å²) in [6.07, 6.45) is 0.432. The predicted molar refractivity (Wildman–Crippen MR) is 75.0 cm³/mol. The van der Waals surface area contributed by atoms with Gasteiger partial charge in [-0.05, 0) is 26.0 Å². The minimum atomic E-state index is -3.90. The fourth-order valence-corrected chi connectivity index (χ4v) is 6.91. The molecule has 2 atom stereocenters. The Balaban J connectivity index is 2.64. The van der Waals surface area contributed by atoms with E-state index in [-0.39, 0.29) is 14.5 Å². The molecule has 2 rings (SSSR count). The van der Waals surface area contributed by atoms with Crippen LogP contribution in [-0.4, -0.2) is 28.6 Å². The summed E-state index contributed by atoms with van der Waals surface area (Å²) in [6.45, 7) is 4.23. The first-order valence-electron chi connectivity index (χ1n) is 5.73. The Kier molecular flexibility index (Phi) is 4.01. The van der Waals surface area contributed by atoms with Crippen LogP contribution in [0.15, 0.2) is 14.5 Å². The minimum Gasteiger partial charge on any atom is -0.310 e. The van der Waals surface area contributed by atoms with Gasteiger partial charge in [0, 0.05) is 22.3 Å². The molecule has 0 radical (unpaired) electrons. The van der Waals surface area contributed by atoms with Crippen molar-refractivity contribution >= 4 is 40.9 Å². The Morgan fingerprint density at radius 1 is 1.53 bits per heavy atom. The van der Waals surface area contributed by atoms with E-state index in [9.17, 15) is 16.8 Å². The van der Waals surface area contributed by atoms with E-state index in [1.54, 1.807) is 6.92 Å². The molecule has 0 saturated heterocycles. The van der Waals surface area contributed by atoms with Crippen LogP contribution in [0.5, 0.6) is 0 Å². The molecule has 1 aromatic heterocycles. The van der Waals surface area contributed by atoms with Gasteiger partial charge in [-0.2, -0.15) is 0 Å². The van der Waals surface area contributed by atoms with Gasteiger partial charge in [0.1, 0.15) is 8.42 Å². The molecule has 1 aliphatic rings. The molecular weight excluding hydrogens is 330 g/mol. The second-order valence-corrected chi connectivity index (χ2v) is 10.9. The van der Waals surface area contributed by atoms with Crippen LogP contribution >= 0.6 is 22.0 Å². The van der Waals surface area contributed by atoms with Crippen LogP contribution in [0.4, 0.5) is 0 Å². The van der Waals surface area contributed by atoms with Crippen molar-refractivity contribution < 1.29 is 16.8 Å². The third-order valence-corrected chi connectivity index (χ3v) is 9.10. The number of hydrogen-bond acceptors (Lipinski definition) is 6. The highest BCUT2D eigenvalue weighted by Crippen LogP contribution is 2.43. The maximum Gasteiger partial charge on any atom is 0.270 e. The van der Waals surface area contributed by atoms with E-state index < -0.39 is 24.1 Å². The van der Waals surface area contributed by atoms with E-state index in [1.807, 2.05) is 6.92 Å². The normalized spacial score (nSPS) is 26.1. The summed E-state index contributed by atoms with van der Waals surface area (Å²) in [4.78, 5) is 0. The van der Waals surface area contributed by atoms with E-state index in [4.69, 9.17) is 10.7 Å². The van der Waals surface area contributed by atoms with Crippen molar-refractivity contribution in [2.24, 2.45) is 0 Å². The predicted octanol–water partition coefficient (Wildman–Crippen LogP) is 1.89. The molecule has 5 nitrogen and oxygen atoms in total. The average Bonchev–Trinajstić information content (AvgIpc) is 2.72. The molecule has 0 amide bonds. The molecule has 0 saturated carbocycles. The fraction of sp³-hybridized carbons (Fsp3) is 0.600. The molecule has 19 heavy (non-hydrogen) atoms. The van der Waals surface area contributed by atoms with E-state index in [0.717, 1.165) is 11.3 Å². The zero-order valence-corrected chi connectivity index (χ0v) is 13.6. The molecule has 2 heterocycles. The lowest BCUT2D eigenvalue weighted by Gasteiger charge is -2.27. The van der Waals surface area contributed by atoms with E-state index in [2.05, 4.69) is 5.32 Å². The van der Waals surface area contributed by atoms with E-state index in [0.29, 0.717) is 18.5 Å². The van der Waals surface area contributed by atoms with Crippen molar-refractivity contribution in [2.45, 2.75) is 40.0 Å². The average molecular weight is 344 g/mol. The first kappa shape index (κ1) is 15.2. The summed E-state index contributed by atoms with van der Waals surface area (Å²) < 4.78 is 47.2. The quantitative estimate of drug-likeness (QED) is 0.848. The third kappa shape index (κ3) is 2.69. The molecule has 0 aliphatic carbocycles. The third-order valence-electron chi connectivity index (χ3n) is 3.12. The monoisotopic (exact) mass is 343 g/mol. The topological polar surface area (TPSA) is 80.3 Å². The Morgan fingerprint density at radius 2 is 2.16 bits per heavy atom. The number of hydrogen-bond donors (Lipinski definition) is 1. The number of nitrogens with one attached hydrogen (secondary N) is 1. The molecule has 0 spiro atoms. The number of thiophene rings is 1. The van der Waals surface area contributed by atoms with Crippen LogP contribution in [0.3, 0.4) is 0 Å². The smallest absolute Gasteiger partial charge is 0.270 e. The molecule has 0 aromatic carbocycles. The summed E-state index contributed by atoms with van der Waals surface area (Å²) in [7, 11) is -2.06. The lowest BCUT2D eigenvalue weighted by atomic mass is 10.1. The number of rotatable bonds is 3. The Bertz CT molecular complexity index is 692. The van der Waals surface area contributed by atoms with Crippen molar-refractivity contribution in [1.82, 2.24) is 5.32 Å². The van der Waals surface area contributed by atoms with Crippen molar-refractivity contribution in [3.05, 3.63) is 11.6 Å². The Labute approximate surface area is 121 Å². The van der Waals surface area contributed by atoms with Crippen molar-refractivity contribution in [3.63, 3.8) is 0 Å². The first-order valence-corrected chi connectivity index (χ1v) is 10.4. The lowest BCUT2D eigenvalue weighted by molar-refractivity contribution is 0.477. The van der Waals surface area contributed by atoms with Gasteiger partial charge < -0.3 is 5.32 Å². The van der Waals surface area contributed by atoms with Crippen LogP contribution in [0.25, 0.3) is 0 Å². The number of fused-ring (bicyclic) bond motifs is 1. The largest absolute Gasteiger partial charge is 0.310 e. The summed E-state index contributed by atoms with van der Waals surface area (Å²) in [5, 5.41) is 2.64. The van der Waals surface area contributed by atoms with Gasteiger partial charge in [-0.15, -0.1) is 11.3 Å². The minimum absolute atomic E-state index is 0.111. The number of sulfone groups is 1. The molecular formula is C10H14ClNO4S3. The molecule has 1 aromatic rings. The van der Waals surface area contributed by atoms with Gasteiger partial charge in [-0.1, -0.05) is 6.92 Å². The molecule has 108 valence electrons. The van der Waals surface area contributed by atoms with Gasteiger partial charge in [0.05, 0.1) is 5.25 Å². The zero-order valence-electron chi connectivity index (χ0n) is 10.4.